The zero-order valence-electron chi connectivity index (χ0n) is 14.5. The lowest BCUT2D eigenvalue weighted by Crippen LogP contribution is -2.46. The van der Waals surface area contributed by atoms with Crippen LogP contribution >= 0.6 is 15.9 Å². The Bertz CT molecular complexity index is 781. The third-order valence-corrected chi connectivity index (χ3v) is 5.75. The number of carbonyl (C=O) groups excluding carboxylic acids is 1. The second-order valence-electron chi connectivity index (χ2n) is 6.88. The second kappa shape index (κ2) is 7.76. The van der Waals surface area contributed by atoms with Gasteiger partial charge in [-0.25, -0.2) is 4.98 Å². The normalized spacial score (nSPS) is 22.7. The summed E-state index contributed by atoms with van der Waals surface area (Å²) in [5.74, 6) is 0.883. The van der Waals surface area contributed by atoms with Gasteiger partial charge in [0.1, 0.15) is 11.3 Å². The van der Waals surface area contributed by atoms with E-state index in [2.05, 4.69) is 31.1 Å². The number of hydrogen-bond donors (Lipinski definition) is 1. The van der Waals surface area contributed by atoms with Crippen molar-refractivity contribution in [1.82, 2.24) is 15.2 Å². The predicted molar refractivity (Wildman–Crippen MR) is 104 cm³/mol. The molecule has 26 heavy (non-hydrogen) atoms. The van der Waals surface area contributed by atoms with Crippen molar-refractivity contribution in [1.29, 1.82) is 0 Å². The lowest BCUT2D eigenvalue weighted by molar-refractivity contribution is 0.0912. The first-order valence-electron chi connectivity index (χ1n) is 9.14. The molecule has 1 N–H and O–H groups in total. The summed E-state index contributed by atoms with van der Waals surface area (Å²) in [5.41, 5.74) is 0.477. The number of hydrogen-bond acceptors (Lipinski definition) is 4. The van der Waals surface area contributed by atoms with E-state index in [9.17, 15) is 4.79 Å². The van der Waals surface area contributed by atoms with Crippen LogP contribution in [0, 0.1) is 0 Å². The highest BCUT2D eigenvalue weighted by molar-refractivity contribution is 9.10. The van der Waals surface area contributed by atoms with E-state index in [1.807, 2.05) is 24.3 Å². The molecule has 0 aliphatic carbocycles. The molecule has 2 aliphatic rings. The summed E-state index contributed by atoms with van der Waals surface area (Å²) >= 11 is 3.41. The van der Waals surface area contributed by atoms with Crippen molar-refractivity contribution in [2.75, 3.05) is 13.1 Å². The standard InChI is InChI=1S/C20H22BrN3O2/c21-14-6-8-15(9-7-14)26-20-16(4-3-11-22-20)19(25)23-17-10-13-24-12-2-1-5-18(17)24/h3-4,6-9,11,17-18H,1-2,5,10,12-13H2,(H,23,25)/t17-,18-/m1/s1. The Morgan fingerprint density at radius 2 is 2.00 bits per heavy atom. The number of rotatable bonds is 4. The molecule has 1 aromatic heterocycles. The fraction of sp³-hybridized carbons (Fsp3) is 0.400. The molecule has 0 saturated carbocycles. The molecule has 0 radical (unpaired) electrons. The number of ether oxygens (including phenoxy) is 1. The quantitative estimate of drug-likeness (QED) is 0.819. The van der Waals surface area contributed by atoms with E-state index >= 15 is 0 Å². The van der Waals surface area contributed by atoms with Crippen molar-refractivity contribution in [2.24, 2.45) is 0 Å². The van der Waals surface area contributed by atoms with E-state index in [1.54, 1.807) is 18.3 Å². The summed E-state index contributed by atoms with van der Waals surface area (Å²) in [6.45, 7) is 2.23. The highest BCUT2D eigenvalue weighted by Crippen LogP contribution is 2.28. The number of aromatic nitrogens is 1. The number of nitrogens with zero attached hydrogens (tertiary/aromatic N) is 2. The molecule has 0 unspecified atom stereocenters. The van der Waals surface area contributed by atoms with Gasteiger partial charge in [0.25, 0.3) is 5.91 Å². The van der Waals surface area contributed by atoms with Crippen LogP contribution in [0.1, 0.15) is 36.0 Å². The van der Waals surface area contributed by atoms with Gasteiger partial charge in [0.2, 0.25) is 5.88 Å². The van der Waals surface area contributed by atoms with Gasteiger partial charge in [0.05, 0.1) is 0 Å². The molecule has 2 atom stereocenters. The van der Waals surface area contributed by atoms with Gasteiger partial charge in [-0.15, -0.1) is 0 Å². The van der Waals surface area contributed by atoms with Crippen LogP contribution in [0.3, 0.4) is 0 Å². The van der Waals surface area contributed by atoms with Crippen LogP contribution in [0.4, 0.5) is 0 Å². The molecule has 2 fully saturated rings. The van der Waals surface area contributed by atoms with Gasteiger partial charge in [-0.1, -0.05) is 22.4 Å². The van der Waals surface area contributed by atoms with Crippen molar-refractivity contribution < 1.29 is 9.53 Å². The molecule has 2 aromatic rings. The van der Waals surface area contributed by atoms with Gasteiger partial charge in [-0.2, -0.15) is 0 Å². The van der Waals surface area contributed by atoms with Crippen LogP contribution in [0.25, 0.3) is 0 Å². The molecule has 2 saturated heterocycles. The Balaban J connectivity index is 1.48. The molecule has 2 aliphatic heterocycles. The minimum absolute atomic E-state index is 0.109. The maximum Gasteiger partial charge on any atom is 0.257 e. The van der Waals surface area contributed by atoms with Gasteiger partial charge in [0.15, 0.2) is 0 Å². The number of benzene rings is 1. The lowest BCUT2D eigenvalue weighted by Gasteiger charge is -2.32. The van der Waals surface area contributed by atoms with E-state index in [4.69, 9.17) is 4.74 Å². The fourth-order valence-corrected chi connectivity index (χ4v) is 4.19. The minimum Gasteiger partial charge on any atom is -0.438 e. The van der Waals surface area contributed by atoms with Crippen LogP contribution in [-0.2, 0) is 0 Å². The van der Waals surface area contributed by atoms with E-state index < -0.39 is 0 Å². The predicted octanol–water partition coefficient (Wildman–Crippen LogP) is 3.99. The fourth-order valence-electron chi connectivity index (χ4n) is 3.92. The molecule has 6 heteroatoms. The van der Waals surface area contributed by atoms with E-state index in [0.717, 1.165) is 24.0 Å². The molecule has 0 spiro atoms. The zero-order chi connectivity index (χ0) is 17.9. The van der Waals surface area contributed by atoms with Gasteiger partial charge in [0, 0.05) is 29.3 Å². The van der Waals surface area contributed by atoms with Gasteiger partial charge >= 0.3 is 0 Å². The Hall–Kier alpha value is -1.92. The Labute approximate surface area is 161 Å². The summed E-state index contributed by atoms with van der Waals surface area (Å²) < 4.78 is 6.83. The highest BCUT2D eigenvalue weighted by atomic mass is 79.9. The molecule has 3 heterocycles. The summed E-state index contributed by atoms with van der Waals surface area (Å²) in [7, 11) is 0. The third kappa shape index (κ3) is 3.76. The summed E-state index contributed by atoms with van der Waals surface area (Å²) in [5, 5.41) is 3.22. The maximum absolute atomic E-state index is 12.9. The maximum atomic E-state index is 12.9. The average molecular weight is 416 g/mol. The lowest BCUT2D eigenvalue weighted by atomic mass is 9.99. The minimum atomic E-state index is -0.109. The number of pyridine rings is 1. The first-order chi connectivity index (χ1) is 12.7. The largest absolute Gasteiger partial charge is 0.438 e. The Morgan fingerprint density at radius 1 is 1.15 bits per heavy atom. The van der Waals surface area contributed by atoms with E-state index in [-0.39, 0.29) is 11.9 Å². The highest BCUT2D eigenvalue weighted by Gasteiger charge is 2.36. The number of fused-ring (bicyclic) bond motifs is 1. The van der Waals surface area contributed by atoms with Crippen molar-refractivity contribution in [2.45, 2.75) is 37.8 Å². The van der Waals surface area contributed by atoms with Crippen molar-refractivity contribution in [3.05, 3.63) is 52.6 Å². The second-order valence-corrected chi connectivity index (χ2v) is 7.80. The number of carbonyl (C=O) groups is 1. The van der Waals surface area contributed by atoms with Gasteiger partial charge in [-0.05, 0) is 62.2 Å². The van der Waals surface area contributed by atoms with Crippen LogP contribution in [-0.4, -0.2) is 41.0 Å². The summed E-state index contributed by atoms with van der Waals surface area (Å²) in [4.78, 5) is 19.7. The topological polar surface area (TPSA) is 54.5 Å². The summed E-state index contributed by atoms with van der Waals surface area (Å²) in [6.07, 6.45) is 6.34. The van der Waals surface area contributed by atoms with Crippen LogP contribution in [0.2, 0.25) is 0 Å². The first-order valence-corrected chi connectivity index (χ1v) is 9.93. The van der Waals surface area contributed by atoms with E-state index in [0.29, 0.717) is 23.2 Å². The van der Waals surface area contributed by atoms with Crippen molar-refractivity contribution in [3.63, 3.8) is 0 Å². The van der Waals surface area contributed by atoms with Crippen LogP contribution in [0.5, 0.6) is 11.6 Å². The number of piperidine rings is 1. The van der Waals surface area contributed by atoms with Gasteiger partial charge in [-0.3, -0.25) is 9.69 Å². The van der Waals surface area contributed by atoms with Crippen molar-refractivity contribution in [3.8, 4) is 11.6 Å². The first kappa shape index (κ1) is 17.5. The molecule has 1 aromatic carbocycles. The molecule has 1 amide bonds. The number of amides is 1. The summed E-state index contributed by atoms with van der Waals surface area (Å²) in [6, 6.07) is 11.7. The zero-order valence-corrected chi connectivity index (χ0v) is 16.1. The molecular formula is C20H22BrN3O2. The Morgan fingerprint density at radius 3 is 2.85 bits per heavy atom. The van der Waals surface area contributed by atoms with Gasteiger partial charge < -0.3 is 10.1 Å². The molecular weight excluding hydrogens is 394 g/mol. The smallest absolute Gasteiger partial charge is 0.257 e. The monoisotopic (exact) mass is 415 g/mol. The molecule has 5 nitrogen and oxygen atoms in total. The number of halogens is 1. The van der Waals surface area contributed by atoms with Crippen LogP contribution < -0.4 is 10.1 Å². The van der Waals surface area contributed by atoms with E-state index in [1.165, 1.54) is 19.3 Å². The van der Waals surface area contributed by atoms with Crippen molar-refractivity contribution >= 4 is 21.8 Å². The third-order valence-electron chi connectivity index (χ3n) is 5.22. The molecule has 4 rings (SSSR count). The molecule has 0 bridgehead atoms. The average Bonchev–Trinajstić information content (AvgIpc) is 3.07. The van der Waals surface area contributed by atoms with Crippen LogP contribution in [0.15, 0.2) is 47.1 Å². The number of nitrogens with one attached hydrogen (secondary N) is 1. The SMILES string of the molecule is O=C(N[C@@H]1CCN2CCCC[C@H]12)c1cccnc1Oc1ccc(Br)cc1. The Kier molecular flexibility index (Phi) is 5.22. The molecule has 136 valence electrons.